The maximum Gasteiger partial charge on any atom is 0.325 e. The van der Waals surface area contributed by atoms with Crippen LogP contribution >= 0.6 is 23.1 Å². The lowest BCUT2D eigenvalue weighted by Crippen LogP contribution is -2.31. The van der Waals surface area contributed by atoms with Gasteiger partial charge in [0.05, 0.1) is 12.2 Å². The van der Waals surface area contributed by atoms with E-state index in [-0.39, 0.29) is 24.5 Å². The molecule has 1 N–H and O–H groups in total. The van der Waals surface area contributed by atoms with Crippen LogP contribution in [0.15, 0.2) is 5.38 Å². The van der Waals surface area contributed by atoms with Crippen LogP contribution in [-0.4, -0.2) is 39.9 Å². The number of nitrogens with one attached hydrogen (secondary N) is 1. The van der Waals surface area contributed by atoms with Gasteiger partial charge in [-0.2, -0.15) is 11.8 Å². The highest BCUT2D eigenvalue weighted by molar-refractivity contribution is 7.98. The summed E-state index contributed by atoms with van der Waals surface area (Å²) in [6.07, 6.45) is 2.67. The quantitative estimate of drug-likeness (QED) is 0.819. The van der Waals surface area contributed by atoms with E-state index in [0.29, 0.717) is 12.3 Å². The minimum atomic E-state index is -0.375. The van der Waals surface area contributed by atoms with Crippen LogP contribution in [0.5, 0.6) is 0 Å². The van der Waals surface area contributed by atoms with Gasteiger partial charge in [0.15, 0.2) is 0 Å². The molecule has 0 aromatic carbocycles. The molecule has 0 bridgehead atoms. The molecule has 2 rings (SSSR count). The number of thioether (sulfide) groups is 1. The number of carbonyl (C=O) groups excluding carboxylic acids is 2. The second-order valence-corrected chi connectivity index (χ2v) is 6.96. The molecule has 0 saturated carbocycles. The van der Waals surface area contributed by atoms with Crippen molar-refractivity contribution < 1.29 is 9.59 Å². The van der Waals surface area contributed by atoms with Gasteiger partial charge in [-0.15, -0.1) is 11.3 Å². The summed E-state index contributed by atoms with van der Waals surface area (Å²) < 4.78 is 0. The van der Waals surface area contributed by atoms with Gasteiger partial charge in [0, 0.05) is 5.38 Å². The Morgan fingerprint density at radius 2 is 2.25 bits per heavy atom. The highest BCUT2D eigenvalue weighted by atomic mass is 32.2. The normalized spacial score (nSPS) is 19.0. The van der Waals surface area contributed by atoms with Gasteiger partial charge in [-0.05, 0) is 24.3 Å². The molecule has 0 spiro atoms. The zero-order valence-electron chi connectivity index (χ0n) is 11.9. The Bertz CT molecular complexity index is 502. The van der Waals surface area contributed by atoms with Gasteiger partial charge < -0.3 is 5.32 Å². The highest BCUT2D eigenvalue weighted by Gasteiger charge is 2.37. The monoisotopic (exact) mass is 313 g/mol. The van der Waals surface area contributed by atoms with Gasteiger partial charge >= 0.3 is 6.03 Å². The smallest absolute Gasteiger partial charge is 0.325 e. The predicted molar refractivity (Wildman–Crippen MR) is 82.1 cm³/mol. The summed E-state index contributed by atoms with van der Waals surface area (Å²) >= 11 is 3.17. The molecule has 0 aliphatic carbocycles. The lowest BCUT2D eigenvalue weighted by atomic mass is 10.2. The van der Waals surface area contributed by atoms with Gasteiger partial charge in [-0.1, -0.05) is 13.8 Å². The van der Waals surface area contributed by atoms with E-state index >= 15 is 0 Å². The van der Waals surface area contributed by atoms with Crippen molar-refractivity contribution >= 4 is 35.0 Å². The molecule has 3 amide bonds. The first kappa shape index (κ1) is 15.3. The number of carbonyl (C=O) groups is 2. The second kappa shape index (κ2) is 6.58. The third-order valence-corrected chi connectivity index (χ3v) is 4.67. The van der Waals surface area contributed by atoms with Gasteiger partial charge in [-0.25, -0.2) is 9.78 Å². The van der Waals surface area contributed by atoms with E-state index in [2.05, 4.69) is 24.1 Å². The number of nitrogens with zero attached hydrogens (tertiary/aromatic N) is 2. The Kier molecular flexibility index (Phi) is 5.04. The van der Waals surface area contributed by atoms with Crippen LogP contribution in [0.4, 0.5) is 4.79 Å². The van der Waals surface area contributed by atoms with Crippen LogP contribution in [0.1, 0.15) is 36.9 Å². The molecule has 1 aliphatic rings. The third kappa shape index (κ3) is 3.32. The molecule has 5 nitrogen and oxygen atoms in total. The van der Waals surface area contributed by atoms with Gasteiger partial charge in [-0.3, -0.25) is 9.69 Å². The number of imide groups is 1. The zero-order valence-corrected chi connectivity index (χ0v) is 13.5. The highest BCUT2D eigenvalue weighted by Crippen LogP contribution is 2.21. The number of amides is 3. The number of hydrogen-bond acceptors (Lipinski definition) is 5. The number of aromatic nitrogens is 1. The number of thiazole rings is 1. The van der Waals surface area contributed by atoms with E-state index < -0.39 is 0 Å². The number of rotatable bonds is 6. The molecule has 1 atom stereocenters. The Morgan fingerprint density at radius 1 is 1.50 bits per heavy atom. The molecule has 1 fully saturated rings. The van der Waals surface area contributed by atoms with Crippen molar-refractivity contribution in [3.63, 3.8) is 0 Å². The molecule has 0 radical (unpaired) electrons. The first-order chi connectivity index (χ1) is 9.52. The summed E-state index contributed by atoms with van der Waals surface area (Å²) in [6.45, 7) is 4.42. The fraction of sp³-hybridized carbons (Fsp3) is 0.615. The lowest BCUT2D eigenvalue weighted by molar-refractivity contribution is -0.127. The Morgan fingerprint density at radius 3 is 2.85 bits per heavy atom. The molecule has 20 heavy (non-hydrogen) atoms. The summed E-state index contributed by atoms with van der Waals surface area (Å²) in [5.74, 6) is 1.09. The zero-order chi connectivity index (χ0) is 14.7. The summed E-state index contributed by atoms with van der Waals surface area (Å²) in [7, 11) is 0. The van der Waals surface area contributed by atoms with Crippen LogP contribution in [0.25, 0.3) is 0 Å². The van der Waals surface area contributed by atoms with Crippen molar-refractivity contribution in [1.29, 1.82) is 0 Å². The molecular formula is C13H19N3O2S2. The van der Waals surface area contributed by atoms with Crippen LogP contribution in [0.3, 0.4) is 0 Å². The fourth-order valence-corrected chi connectivity index (χ4v) is 3.37. The van der Waals surface area contributed by atoms with E-state index in [9.17, 15) is 9.59 Å². The van der Waals surface area contributed by atoms with Gasteiger partial charge in [0.25, 0.3) is 5.91 Å². The topological polar surface area (TPSA) is 62.3 Å². The first-order valence-electron chi connectivity index (χ1n) is 6.58. The molecular weight excluding hydrogens is 294 g/mol. The minimum absolute atomic E-state index is 0.134. The van der Waals surface area contributed by atoms with Crippen molar-refractivity contribution in [2.45, 2.75) is 38.8 Å². The Labute approximate surface area is 127 Å². The standard InChI is InChI=1S/C13H19N3O2S2/c1-8(2)10-7-20-11(14-10)6-16-12(17)9(4-5-19-3)15-13(16)18/h7-9H,4-6H2,1-3H3,(H,15,18). The molecule has 1 saturated heterocycles. The van der Waals surface area contributed by atoms with E-state index in [1.54, 1.807) is 11.8 Å². The maximum absolute atomic E-state index is 12.2. The molecule has 1 aliphatic heterocycles. The summed E-state index contributed by atoms with van der Waals surface area (Å²) in [5.41, 5.74) is 1.01. The molecule has 110 valence electrons. The Balaban J connectivity index is 2.01. The maximum atomic E-state index is 12.2. The van der Waals surface area contributed by atoms with Crippen molar-refractivity contribution in [2.24, 2.45) is 0 Å². The largest absolute Gasteiger partial charge is 0.326 e. The van der Waals surface area contributed by atoms with Crippen LogP contribution in [0, 0.1) is 0 Å². The number of urea groups is 1. The van der Waals surface area contributed by atoms with Crippen molar-refractivity contribution in [3.8, 4) is 0 Å². The van der Waals surface area contributed by atoms with Crippen molar-refractivity contribution in [2.75, 3.05) is 12.0 Å². The van der Waals surface area contributed by atoms with E-state index in [0.717, 1.165) is 16.5 Å². The molecule has 7 heteroatoms. The average molecular weight is 313 g/mol. The summed E-state index contributed by atoms with van der Waals surface area (Å²) in [5, 5.41) is 5.54. The Hall–Kier alpha value is -1.08. The lowest BCUT2D eigenvalue weighted by Gasteiger charge is -2.10. The SMILES string of the molecule is CSCCC1NC(=O)N(Cc2nc(C(C)C)cs2)C1=O. The van der Waals surface area contributed by atoms with Crippen LogP contribution in [-0.2, 0) is 11.3 Å². The van der Waals surface area contributed by atoms with Crippen LogP contribution in [0.2, 0.25) is 0 Å². The van der Waals surface area contributed by atoms with E-state index in [4.69, 9.17) is 0 Å². The molecule has 1 aromatic rings. The molecule has 2 heterocycles. The van der Waals surface area contributed by atoms with Crippen molar-refractivity contribution in [3.05, 3.63) is 16.1 Å². The second-order valence-electron chi connectivity index (χ2n) is 5.03. The summed E-state index contributed by atoms with van der Waals surface area (Å²) in [4.78, 5) is 29.8. The van der Waals surface area contributed by atoms with E-state index in [1.165, 1.54) is 16.2 Å². The fourth-order valence-electron chi connectivity index (χ4n) is 1.96. The predicted octanol–water partition coefficient (Wildman–Crippen LogP) is 2.44. The summed E-state index contributed by atoms with van der Waals surface area (Å²) in [6, 6.07) is -0.679. The molecule has 1 unspecified atom stereocenters. The van der Waals surface area contributed by atoms with Gasteiger partial charge in [0.2, 0.25) is 0 Å². The van der Waals surface area contributed by atoms with Crippen LogP contribution < -0.4 is 5.32 Å². The number of hydrogen-bond donors (Lipinski definition) is 1. The first-order valence-corrected chi connectivity index (χ1v) is 8.85. The average Bonchev–Trinajstić information content (AvgIpc) is 2.97. The third-order valence-electron chi connectivity index (χ3n) is 3.17. The van der Waals surface area contributed by atoms with E-state index in [1.807, 2.05) is 11.6 Å². The van der Waals surface area contributed by atoms with Crippen molar-refractivity contribution in [1.82, 2.24) is 15.2 Å². The van der Waals surface area contributed by atoms with Gasteiger partial charge in [0.1, 0.15) is 11.0 Å². The minimum Gasteiger partial charge on any atom is -0.326 e. The molecule has 1 aromatic heterocycles.